The largest absolute Gasteiger partial charge is 0.349 e. The Kier molecular flexibility index (Phi) is 6.75. The molecule has 2 fully saturated rings. The Labute approximate surface area is 162 Å². The van der Waals surface area contributed by atoms with Crippen molar-refractivity contribution in [1.29, 1.82) is 0 Å². The van der Waals surface area contributed by atoms with Gasteiger partial charge in [0.05, 0.1) is 15.7 Å². The lowest BCUT2D eigenvalue weighted by Crippen LogP contribution is -2.53. The predicted octanol–water partition coefficient (Wildman–Crippen LogP) is 2.93. The normalized spacial score (nSPS) is 28.3. The number of hydrogen-bond acceptors (Lipinski definition) is 4. The molecule has 2 bridgehead atoms. The predicted molar refractivity (Wildman–Crippen MR) is 105 cm³/mol. The van der Waals surface area contributed by atoms with Gasteiger partial charge >= 0.3 is 0 Å². The molecule has 0 aliphatic heterocycles. The van der Waals surface area contributed by atoms with Crippen LogP contribution in [0.25, 0.3) is 0 Å². The second kappa shape index (κ2) is 8.28. The van der Waals surface area contributed by atoms with Crippen LogP contribution in [-0.4, -0.2) is 31.7 Å². The lowest BCUT2D eigenvalue weighted by Gasteiger charge is -2.45. The molecule has 2 aliphatic carbocycles. The third kappa shape index (κ3) is 4.07. The lowest BCUT2D eigenvalue weighted by atomic mass is 9.67. The molecule has 0 spiro atoms. The monoisotopic (exact) mass is 400 g/mol. The molecule has 3 N–H and O–H groups in total. The number of halogens is 1. The summed E-state index contributed by atoms with van der Waals surface area (Å²) in [7, 11) is -3.50. The highest BCUT2D eigenvalue weighted by Crippen LogP contribution is 2.39. The molecule has 2 atom stereocenters. The van der Waals surface area contributed by atoms with Crippen molar-refractivity contribution < 1.29 is 13.2 Å². The third-order valence-electron chi connectivity index (χ3n) is 5.73. The number of benzene rings is 1. The van der Waals surface area contributed by atoms with E-state index in [-0.39, 0.29) is 40.9 Å². The minimum atomic E-state index is -3.50. The highest BCUT2D eigenvalue weighted by molar-refractivity contribution is 7.92. The number of rotatable bonds is 4. The fourth-order valence-electron chi connectivity index (χ4n) is 4.41. The number of amides is 1. The fourth-order valence-corrected chi connectivity index (χ4v) is 5.65. The number of carbonyl (C=O) groups is 1. The number of nitrogens with two attached hydrogens (primary N) is 1. The molecule has 0 saturated heterocycles. The van der Waals surface area contributed by atoms with Crippen molar-refractivity contribution in [2.24, 2.45) is 17.6 Å². The summed E-state index contributed by atoms with van der Waals surface area (Å²) in [6.45, 7) is 3.27. The van der Waals surface area contributed by atoms with Crippen LogP contribution in [0.1, 0.15) is 56.3 Å². The van der Waals surface area contributed by atoms with E-state index in [2.05, 4.69) is 5.32 Å². The molecule has 2 unspecified atom stereocenters. The van der Waals surface area contributed by atoms with E-state index in [0.29, 0.717) is 11.8 Å². The molecule has 0 radical (unpaired) electrons. The molecule has 1 aromatic carbocycles. The first-order valence-corrected chi connectivity index (χ1v) is 10.7. The minimum absolute atomic E-state index is 0. The van der Waals surface area contributed by atoms with Gasteiger partial charge in [-0.1, -0.05) is 18.6 Å². The molecular weight excluding hydrogens is 372 g/mol. The van der Waals surface area contributed by atoms with Crippen molar-refractivity contribution in [2.75, 3.05) is 0 Å². The van der Waals surface area contributed by atoms with Crippen LogP contribution < -0.4 is 11.1 Å². The third-order valence-corrected chi connectivity index (χ3v) is 7.94. The summed E-state index contributed by atoms with van der Waals surface area (Å²) in [5.41, 5.74) is 6.41. The summed E-state index contributed by atoms with van der Waals surface area (Å²) >= 11 is 0. The standard InChI is InChI=1S/C19H28N2O3S.ClH/c1-12(2)25(23,24)17-9-4-3-8-16(17)19(22)21-18-13-6-5-7-14(18)11-15(20)10-13;/h3-4,8-9,12-15,18H,5-7,10-11,20H2,1-2H3,(H,21,22);1H. The van der Waals surface area contributed by atoms with E-state index < -0.39 is 15.1 Å². The summed E-state index contributed by atoms with van der Waals surface area (Å²) in [6, 6.07) is 6.84. The molecule has 146 valence electrons. The molecule has 1 aromatic rings. The topological polar surface area (TPSA) is 89.3 Å². The van der Waals surface area contributed by atoms with Gasteiger partial charge in [-0.05, 0) is 63.5 Å². The Morgan fingerprint density at radius 3 is 2.31 bits per heavy atom. The minimum Gasteiger partial charge on any atom is -0.349 e. The van der Waals surface area contributed by atoms with Gasteiger partial charge in [0.25, 0.3) is 5.91 Å². The van der Waals surface area contributed by atoms with Crippen LogP contribution in [0.5, 0.6) is 0 Å². The van der Waals surface area contributed by atoms with Crippen LogP contribution in [0.15, 0.2) is 29.2 Å². The number of nitrogens with one attached hydrogen (secondary N) is 1. The second-order valence-electron chi connectivity index (χ2n) is 7.77. The van der Waals surface area contributed by atoms with E-state index in [4.69, 9.17) is 5.73 Å². The van der Waals surface area contributed by atoms with Crippen molar-refractivity contribution >= 4 is 28.2 Å². The van der Waals surface area contributed by atoms with Crippen LogP contribution in [0.3, 0.4) is 0 Å². The molecule has 26 heavy (non-hydrogen) atoms. The van der Waals surface area contributed by atoms with Gasteiger partial charge in [-0.25, -0.2) is 8.42 Å². The smallest absolute Gasteiger partial charge is 0.252 e. The Hall–Kier alpha value is -1.11. The first kappa shape index (κ1) is 21.2. The van der Waals surface area contributed by atoms with Gasteiger partial charge in [-0.15, -0.1) is 12.4 Å². The number of fused-ring (bicyclic) bond motifs is 2. The summed E-state index contributed by atoms with van der Waals surface area (Å²) in [5, 5.41) is 2.59. The maximum Gasteiger partial charge on any atom is 0.252 e. The van der Waals surface area contributed by atoms with Gasteiger partial charge in [-0.2, -0.15) is 0 Å². The van der Waals surface area contributed by atoms with Crippen molar-refractivity contribution in [1.82, 2.24) is 5.32 Å². The second-order valence-corrected chi connectivity index (χ2v) is 10.2. The van der Waals surface area contributed by atoms with Crippen LogP contribution in [0, 0.1) is 11.8 Å². The highest BCUT2D eigenvalue weighted by Gasteiger charge is 2.40. The highest BCUT2D eigenvalue weighted by atomic mass is 35.5. The zero-order chi connectivity index (χ0) is 18.2. The Morgan fingerprint density at radius 2 is 1.73 bits per heavy atom. The molecule has 0 aromatic heterocycles. The van der Waals surface area contributed by atoms with Crippen molar-refractivity contribution in [3.8, 4) is 0 Å². The first-order valence-electron chi connectivity index (χ1n) is 9.20. The van der Waals surface area contributed by atoms with E-state index in [9.17, 15) is 13.2 Å². The Balaban J connectivity index is 0.00000243. The molecule has 7 heteroatoms. The van der Waals surface area contributed by atoms with Crippen molar-refractivity contribution in [3.63, 3.8) is 0 Å². The summed E-state index contributed by atoms with van der Waals surface area (Å²) in [6.07, 6.45) is 5.23. The van der Waals surface area contributed by atoms with E-state index in [0.717, 1.165) is 25.7 Å². The number of carbonyl (C=O) groups excluding carboxylic acids is 1. The van der Waals surface area contributed by atoms with Crippen molar-refractivity contribution in [3.05, 3.63) is 29.8 Å². The lowest BCUT2D eigenvalue weighted by molar-refractivity contribution is 0.0753. The Morgan fingerprint density at radius 1 is 1.15 bits per heavy atom. The van der Waals surface area contributed by atoms with E-state index in [1.54, 1.807) is 32.0 Å². The van der Waals surface area contributed by atoms with Gasteiger partial charge in [0.2, 0.25) is 0 Å². The van der Waals surface area contributed by atoms with Crippen LogP contribution in [-0.2, 0) is 9.84 Å². The van der Waals surface area contributed by atoms with E-state index >= 15 is 0 Å². The van der Waals surface area contributed by atoms with Crippen LogP contribution in [0.4, 0.5) is 0 Å². The number of hydrogen-bond donors (Lipinski definition) is 2. The number of sulfone groups is 1. The van der Waals surface area contributed by atoms with E-state index in [1.165, 1.54) is 12.5 Å². The van der Waals surface area contributed by atoms with Gasteiger partial charge in [0.15, 0.2) is 9.84 Å². The molecule has 0 heterocycles. The van der Waals surface area contributed by atoms with Gasteiger partial charge in [0.1, 0.15) is 0 Å². The van der Waals surface area contributed by atoms with Gasteiger partial charge in [-0.3, -0.25) is 4.79 Å². The molecule has 5 nitrogen and oxygen atoms in total. The van der Waals surface area contributed by atoms with Crippen molar-refractivity contribution in [2.45, 2.75) is 68.2 Å². The maximum atomic E-state index is 12.9. The van der Waals surface area contributed by atoms with Crippen LogP contribution >= 0.6 is 12.4 Å². The SMILES string of the molecule is CC(C)S(=O)(=O)c1ccccc1C(=O)NC1C2CCCC1CC(N)C2.Cl. The zero-order valence-corrected chi connectivity index (χ0v) is 17.0. The molecule has 3 rings (SSSR count). The average molecular weight is 401 g/mol. The quantitative estimate of drug-likeness (QED) is 0.813. The maximum absolute atomic E-state index is 12.9. The van der Waals surface area contributed by atoms with Crippen LogP contribution in [0.2, 0.25) is 0 Å². The zero-order valence-electron chi connectivity index (χ0n) is 15.4. The van der Waals surface area contributed by atoms with Gasteiger partial charge < -0.3 is 11.1 Å². The molecular formula is C19H29ClN2O3S. The summed E-state index contributed by atoms with van der Waals surface area (Å²) in [5.74, 6) is 0.526. The summed E-state index contributed by atoms with van der Waals surface area (Å²) in [4.78, 5) is 13.0. The summed E-state index contributed by atoms with van der Waals surface area (Å²) < 4.78 is 25.2. The molecule has 1 amide bonds. The first-order chi connectivity index (χ1) is 11.8. The fraction of sp³-hybridized carbons (Fsp3) is 0.632. The van der Waals surface area contributed by atoms with E-state index in [1.807, 2.05) is 0 Å². The molecule has 2 aliphatic rings. The average Bonchev–Trinajstić information content (AvgIpc) is 2.55. The Bertz CT molecular complexity index is 737. The van der Waals surface area contributed by atoms with Gasteiger partial charge in [0, 0.05) is 12.1 Å². The molecule has 2 saturated carbocycles.